The largest absolute Gasteiger partial charge is 0.496 e. The molecule has 3 rings (SSSR count). The van der Waals surface area contributed by atoms with Crippen LogP contribution in [0.4, 0.5) is 5.69 Å². The Balaban J connectivity index is 2.38. The normalized spacial score (nSPS) is 20.0. The van der Waals surface area contributed by atoms with Crippen LogP contribution < -0.4 is 9.46 Å². The molecule has 6 heteroatoms. The first-order valence-corrected chi connectivity index (χ1v) is 11.9. The Hall–Kier alpha value is -3.12. The minimum absolute atomic E-state index is 0.0786. The highest BCUT2D eigenvalue weighted by Gasteiger charge is 2.24. The Bertz CT molecular complexity index is 1530. The van der Waals surface area contributed by atoms with Crippen molar-refractivity contribution < 1.29 is 30.3 Å². The van der Waals surface area contributed by atoms with Gasteiger partial charge in [-0.1, -0.05) is 62.6 Å². The van der Waals surface area contributed by atoms with Gasteiger partial charge in [0.15, 0.2) is 5.78 Å². The maximum atomic E-state index is 13.0. The van der Waals surface area contributed by atoms with Crippen LogP contribution in [0.3, 0.4) is 0 Å². The van der Waals surface area contributed by atoms with Crippen LogP contribution in [-0.4, -0.2) is 27.6 Å². The summed E-state index contributed by atoms with van der Waals surface area (Å²) in [6.07, 6.45) is 7.36. The average Bonchev–Trinajstić information content (AvgIpc) is 2.80. The molecule has 5 nitrogen and oxygen atoms in total. The smallest absolute Gasteiger partial charge is 0.229 e. The second kappa shape index (κ2) is 9.40. The van der Waals surface area contributed by atoms with E-state index in [1.54, 1.807) is 31.2 Å². The summed E-state index contributed by atoms with van der Waals surface area (Å²) in [6.45, 7) is -8.90. The molecule has 0 fully saturated rings. The Kier molecular flexibility index (Phi) is 4.25. The Morgan fingerprint density at radius 2 is 1.79 bits per heavy atom. The van der Waals surface area contributed by atoms with E-state index >= 15 is 0 Å². The number of nitrogens with one attached hydrogen (secondary N) is 1. The van der Waals surface area contributed by atoms with Crippen molar-refractivity contribution in [2.75, 3.05) is 18.1 Å². The van der Waals surface area contributed by atoms with Gasteiger partial charge in [-0.15, -0.1) is 0 Å². The third-order valence-corrected chi connectivity index (χ3v) is 5.59. The molecule has 0 aliphatic heterocycles. The molecule has 0 bridgehead atoms. The van der Waals surface area contributed by atoms with Gasteiger partial charge in [0.05, 0.1) is 13.4 Å². The molecule has 2 aromatic rings. The quantitative estimate of drug-likeness (QED) is 0.534. The number of ether oxygens (including phenoxy) is 1. The fourth-order valence-corrected chi connectivity index (χ4v) is 4.05. The third kappa shape index (κ3) is 6.23. The maximum absolute atomic E-state index is 13.0. The summed E-state index contributed by atoms with van der Waals surface area (Å²) >= 11 is 0. The third-order valence-electron chi connectivity index (χ3n) is 4.98. The number of ketones is 1. The van der Waals surface area contributed by atoms with E-state index in [9.17, 15) is 13.2 Å². The van der Waals surface area contributed by atoms with Gasteiger partial charge in [-0.05, 0) is 47.7 Å². The van der Waals surface area contributed by atoms with Crippen molar-refractivity contribution >= 4 is 39.2 Å². The molecule has 1 aliphatic carbocycles. The molecule has 2 aromatic carbocycles. The highest BCUT2D eigenvalue weighted by molar-refractivity contribution is 7.92. The zero-order chi connectivity index (χ0) is 31.9. The van der Waals surface area contributed by atoms with Gasteiger partial charge in [0.25, 0.3) is 0 Å². The fraction of sp³-hybridized carbons (Fsp3) is 0.296. The molecule has 0 saturated carbocycles. The predicted molar refractivity (Wildman–Crippen MR) is 137 cm³/mol. The van der Waals surface area contributed by atoms with Crippen LogP contribution in [0.2, 0.25) is 0 Å². The van der Waals surface area contributed by atoms with E-state index < -0.39 is 41.6 Å². The average molecular weight is 475 g/mol. The number of benzene rings is 2. The van der Waals surface area contributed by atoms with Crippen LogP contribution in [-0.2, 0) is 20.2 Å². The topological polar surface area (TPSA) is 72.5 Å². The molecular weight excluding hydrogens is 434 g/mol. The highest BCUT2D eigenvalue weighted by Crippen LogP contribution is 2.38. The Morgan fingerprint density at radius 3 is 2.36 bits per heavy atom. The van der Waals surface area contributed by atoms with Gasteiger partial charge in [0.1, 0.15) is 5.75 Å². The number of carbonyl (C=O) groups excluding carboxylic acids is 1. The SMILES string of the molecule is [2H]C([2H])([2H])C(c1cc(C2=CC=C(C)CC2=O)cc(/C=C/c2ccc(NS(C)(=O)=O)cc2)c1OC)(C([2H])([2H])[2H])C([2H])([2H])[2H]. The van der Waals surface area contributed by atoms with E-state index in [2.05, 4.69) is 4.72 Å². The summed E-state index contributed by atoms with van der Waals surface area (Å²) in [6, 6.07) is 8.84. The maximum Gasteiger partial charge on any atom is 0.229 e. The zero-order valence-electron chi connectivity index (χ0n) is 27.5. The van der Waals surface area contributed by atoms with E-state index in [0.717, 1.165) is 17.9 Å². The summed E-state index contributed by atoms with van der Waals surface area (Å²) < 4.78 is 105. The molecule has 1 aliphatic rings. The minimum Gasteiger partial charge on any atom is -0.496 e. The monoisotopic (exact) mass is 474 g/mol. The number of hydrogen-bond acceptors (Lipinski definition) is 4. The second-order valence-corrected chi connectivity index (χ2v) is 9.67. The van der Waals surface area contributed by atoms with E-state index in [0.29, 0.717) is 11.3 Å². The summed E-state index contributed by atoms with van der Waals surface area (Å²) in [5.74, 6) is -0.596. The number of anilines is 1. The van der Waals surface area contributed by atoms with Gasteiger partial charge < -0.3 is 4.74 Å². The standard InChI is InChI=1S/C27H31NO4S/c1-18-7-14-23(25(29)15-18)21-16-20(26(32-5)24(17-21)27(2,3)4)11-8-19-9-12-22(13-10-19)28-33(6,30)31/h7-14,16-17,28H,15H2,1-6H3/b11-8+/i2D3,3D3,4D3. The molecule has 174 valence electrons. The Labute approximate surface area is 209 Å². The van der Waals surface area contributed by atoms with E-state index in [4.69, 9.17) is 17.1 Å². The van der Waals surface area contributed by atoms with E-state index in [-0.39, 0.29) is 34.7 Å². The first-order valence-electron chi connectivity index (χ1n) is 14.5. The Morgan fingerprint density at radius 1 is 1.09 bits per heavy atom. The molecule has 0 unspecified atom stereocenters. The highest BCUT2D eigenvalue weighted by atomic mass is 32.2. The lowest BCUT2D eigenvalue weighted by Gasteiger charge is -2.25. The summed E-state index contributed by atoms with van der Waals surface area (Å²) in [5, 5.41) is 0. The van der Waals surface area contributed by atoms with Gasteiger partial charge in [0, 0.05) is 41.1 Å². The van der Waals surface area contributed by atoms with Crippen LogP contribution in [0, 0.1) is 0 Å². The van der Waals surface area contributed by atoms with Gasteiger partial charge in [-0.3, -0.25) is 9.52 Å². The molecule has 0 heterocycles. The molecule has 0 aromatic heterocycles. The first kappa shape index (κ1) is 14.9. The van der Waals surface area contributed by atoms with E-state index in [1.165, 1.54) is 37.5 Å². The van der Waals surface area contributed by atoms with Crippen molar-refractivity contribution in [3.05, 3.63) is 76.4 Å². The number of allylic oxidation sites excluding steroid dienone is 4. The predicted octanol–water partition coefficient (Wildman–Crippen LogP) is 5.84. The molecule has 0 radical (unpaired) electrons. The molecule has 1 N–H and O–H groups in total. The molecule has 0 spiro atoms. The number of carbonyl (C=O) groups is 1. The minimum atomic E-state index is -3.56. The van der Waals surface area contributed by atoms with Crippen molar-refractivity contribution in [3.8, 4) is 5.75 Å². The lowest BCUT2D eigenvalue weighted by molar-refractivity contribution is -0.113. The molecule has 0 amide bonds. The van der Waals surface area contributed by atoms with Crippen LogP contribution in [0.25, 0.3) is 17.7 Å². The number of sulfonamides is 1. The van der Waals surface area contributed by atoms with Gasteiger partial charge in [0.2, 0.25) is 10.0 Å². The van der Waals surface area contributed by atoms with Crippen molar-refractivity contribution in [1.29, 1.82) is 0 Å². The van der Waals surface area contributed by atoms with Crippen molar-refractivity contribution in [2.24, 2.45) is 0 Å². The van der Waals surface area contributed by atoms with Crippen molar-refractivity contribution in [1.82, 2.24) is 0 Å². The lowest BCUT2D eigenvalue weighted by Crippen LogP contribution is -2.15. The van der Waals surface area contributed by atoms with E-state index in [1.807, 2.05) is 0 Å². The van der Waals surface area contributed by atoms with Gasteiger partial charge >= 0.3 is 0 Å². The van der Waals surface area contributed by atoms with Gasteiger partial charge in [-0.25, -0.2) is 8.42 Å². The number of hydrogen-bond donors (Lipinski definition) is 1. The first-order chi connectivity index (χ1) is 19.1. The number of rotatable bonds is 6. The van der Waals surface area contributed by atoms with Crippen molar-refractivity contribution in [2.45, 2.75) is 39.3 Å². The van der Waals surface area contributed by atoms with Crippen LogP contribution in [0.1, 0.15) is 68.5 Å². The second-order valence-electron chi connectivity index (χ2n) is 7.92. The fourth-order valence-electron chi connectivity index (χ4n) is 3.48. The summed E-state index contributed by atoms with van der Waals surface area (Å²) in [4.78, 5) is 13.0. The van der Waals surface area contributed by atoms with Crippen LogP contribution in [0.5, 0.6) is 5.75 Å². The van der Waals surface area contributed by atoms with Crippen LogP contribution >= 0.6 is 0 Å². The lowest BCUT2D eigenvalue weighted by atomic mass is 9.81. The van der Waals surface area contributed by atoms with Crippen molar-refractivity contribution in [3.63, 3.8) is 0 Å². The summed E-state index contributed by atoms with van der Waals surface area (Å²) in [7, 11) is -2.32. The van der Waals surface area contributed by atoms with Gasteiger partial charge in [-0.2, -0.15) is 0 Å². The molecular formula is C27H31NO4S. The van der Waals surface area contributed by atoms with Crippen LogP contribution in [0.15, 0.2) is 54.1 Å². The molecule has 33 heavy (non-hydrogen) atoms. The number of Topliss-reactive ketones (excluding diaryl/α,β-unsaturated/α-hetero) is 1. The number of methoxy groups -OCH3 is 1. The molecule has 0 saturated heterocycles. The zero-order valence-corrected chi connectivity index (χ0v) is 19.3. The molecule has 0 atom stereocenters. The summed E-state index contributed by atoms with van der Waals surface area (Å²) in [5.41, 5.74) is -1.88.